The summed E-state index contributed by atoms with van der Waals surface area (Å²) < 4.78 is 24.9. The Balaban J connectivity index is 1.40. The number of ether oxygens (including phenoxy) is 2. The summed E-state index contributed by atoms with van der Waals surface area (Å²) in [7, 11) is 1.59. The van der Waals surface area contributed by atoms with Gasteiger partial charge in [0.2, 0.25) is 17.6 Å². The lowest BCUT2D eigenvalue weighted by Gasteiger charge is -2.34. The van der Waals surface area contributed by atoms with Gasteiger partial charge in [-0.05, 0) is 72.9 Å². The van der Waals surface area contributed by atoms with Crippen molar-refractivity contribution in [2.24, 2.45) is 0 Å². The Bertz CT molecular complexity index is 1270. The molecule has 1 saturated heterocycles. The quantitative estimate of drug-likeness (QED) is 0.410. The highest BCUT2D eigenvalue weighted by Gasteiger charge is 2.35. The normalized spacial score (nSPS) is 18.3. The van der Waals surface area contributed by atoms with Crippen LogP contribution < -0.4 is 10.1 Å². The number of aromatic nitrogens is 4. The summed E-state index contributed by atoms with van der Waals surface area (Å²) in [6.45, 7) is 0.612. The lowest BCUT2D eigenvalue weighted by atomic mass is 9.94. The largest absolute Gasteiger partial charge is 0.497 e. The molecule has 2 aromatic carbocycles. The van der Waals surface area contributed by atoms with Gasteiger partial charge in [-0.2, -0.15) is 4.80 Å². The molecular formula is C29H35FN6O4. The molecule has 2 fully saturated rings. The van der Waals surface area contributed by atoms with Crippen LogP contribution >= 0.6 is 0 Å². The van der Waals surface area contributed by atoms with Gasteiger partial charge in [-0.1, -0.05) is 31.4 Å². The Kier molecular flexibility index (Phi) is 9.00. The molecule has 1 N–H and O–H groups in total. The molecule has 0 bridgehead atoms. The van der Waals surface area contributed by atoms with Crippen molar-refractivity contribution in [1.29, 1.82) is 0 Å². The first kappa shape index (κ1) is 27.7. The molecule has 10 nitrogen and oxygen atoms in total. The van der Waals surface area contributed by atoms with Crippen LogP contribution in [0.25, 0.3) is 11.4 Å². The molecule has 0 unspecified atom stereocenters. The van der Waals surface area contributed by atoms with Gasteiger partial charge in [0.05, 0.1) is 13.2 Å². The van der Waals surface area contributed by atoms with Crippen molar-refractivity contribution in [3.05, 3.63) is 59.9 Å². The van der Waals surface area contributed by atoms with Gasteiger partial charge in [0.25, 0.3) is 0 Å². The van der Waals surface area contributed by atoms with E-state index in [1.54, 1.807) is 31.4 Å². The molecule has 0 radical (unpaired) electrons. The van der Waals surface area contributed by atoms with E-state index < -0.39 is 11.9 Å². The van der Waals surface area contributed by atoms with Gasteiger partial charge in [0, 0.05) is 24.8 Å². The predicted molar refractivity (Wildman–Crippen MR) is 145 cm³/mol. The first-order valence-corrected chi connectivity index (χ1v) is 13.9. The number of amides is 2. The minimum absolute atomic E-state index is 0.0490. The van der Waals surface area contributed by atoms with Crippen LogP contribution in [-0.2, 0) is 20.9 Å². The number of carbonyl (C=O) groups is 2. The molecule has 40 heavy (non-hydrogen) atoms. The van der Waals surface area contributed by atoms with E-state index in [0.717, 1.165) is 50.5 Å². The fourth-order valence-electron chi connectivity index (χ4n) is 5.38. The molecule has 3 aromatic rings. The summed E-state index contributed by atoms with van der Waals surface area (Å²) in [5, 5.41) is 15.8. The van der Waals surface area contributed by atoms with Crippen LogP contribution in [0.15, 0.2) is 48.5 Å². The summed E-state index contributed by atoms with van der Waals surface area (Å²) in [6, 6.07) is 12.0. The van der Waals surface area contributed by atoms with Crippen molar-refractivity contribution in [2.75, 3.05) is 20.3 Å². The van der Waals surface area contributed by atoms with Gasteiger partial charge in [-0.25, -0.2) is 4.39 Å². The number of rotatable bonds is 10. The fraction of sp³-hybridized carbons (Fsp3) is 0.483. The molecule has 1 saturated carbocycles. The molecule has 212 valence electrons. The number of carbonyl (C=O) groups excluding carboxylic acids is 2. The SMILES string of the molecule is COc1ccc(-c2nnn(CC(=O)N(C[C@H]3CCCO3)[C@@H](C(=O)NC3CCCCC3)c3ccc(F)cc3)n2)cc1. The predicted octanol–water partition coefficient (Wildman–Crippen LogP) is 3.69. The van der Waals surface area contributed by atoms with Crippen molar-refractivity contribution in [2.45, 2.75) is 69.7 Å². The van der Waals surface area contributed by atoms with E-state index in [9.17, 15) is 14.0 Å². The smallest absolute Gasteiger partial charge is 0.247 e. The molecule has 1 aliphatic heterocycles. The Labute approximate surface area is 232 Å². The second kappa shape index (κ2) is 13.0. The molecule has 2 heterocycles. The number of nitrogens with one attached hydrogen (secondary N) is 1. The first-order valence-electron chi connectivity index (χ1n) is 13.9. The third kappa shape index (κ3) is 6.82. The molecule has 2 atom stereocenters. The highest BCUT2D eigenvalue weighted by molar-refractivity contribution is 5.89. The van der Waals surface area contributed by atoms with Crippen LogP contribution in [-0.4, -0.2) is 69.3 Å². The molecule has 2 amide bonds. The summed E-state index contributed by atoms with van der Waals surface area (Å²) >= 11 is 0. The van der Waals surface area contributed by atoms with Crippen LogP contribution in [0.1, 0.15) is 56.6 Å². The molecule has 5 rings (SSSR count). The maximum absolute atomic E-state index is 13.9. The lowest BCUT2D eigenvalue weighted by molar-refractivity contribution is -0.143. The Morgan fingerprint density at radius 1 is 1.07 bits per heavy atom. The van der Waals surface area contributed by atoms with Crippen molar-refractivity contribution in [3.63, 3.8) is 0 Å². The maximum Gasteiger partial charge on any atom is 0.247 e. The standard InChI is InChI=1S/C29H35FN6O4/c1-39-24-15-11-21(12-16-24)28-32-34-36(33-28)19-26(37)35(18-25-8-5-17-40-25)27(20-9-13-22(30)14-10-20)29(38)31-23-6-3-2-4-7-23/h9-16,23,25,27H,2-8,17-19H2,1H3,(H,31,38)/t25-,27-/m1/s1. The molecular weight excluding hydrogens is 515 g/mol. The van der Waals surface area contributed by atoms with E-state index in [1.165, 1.54) is 21.8 Å². The van der Waals surface area contributed by atoms with Crippen LogP contribution in [0, 0.1) is 5.82 Å². The maximum atomic E-state index is 13.9. The minimum atomic E-state index is -0.955. The van der Waals surface area contributed by atoms with E-state index in [-0.39, 0.29) is 37.0 Å². The van der Waals surface area contributed by atoms with E-state index in [4.69, 9.17) is 9.47 Å². The number of hydrogen-bond donors (Lipinski definition) is 1. The van der Waals surface area contributed by atoms with Gasteiger partial charge in [0.1, 0.15) is 24.2 Å². The number of tetrazole rings is 1. The third-order valence-corrected chi connectivity index (χ3v) is 7.52. The number of methoxy groups -OCH3 is 1. The topological polar surface area (TPSA) is 111 Å². The number of hydrogen-bond acceptors (Lipinski definition) is 7. The molecule has 2 aliphatic rings. The summed E-state index contributed by atoms with van der Waals surface area (Å²) in [6.07, 6.45) is 6.54. The minimum Gasteiger partial charge on any atom is -0.497 e. The lowest BCUT2D eigenvalue weighted by Crippen LogP contribution is -2.50. The van der Waals surface area contributed by atoms with Gasteiger partial charge in [-0.3, -0.25) is 9.59 Å². The average Bonchev–Trinajstić information content (AvgIpc) is 3.67. The molecule has 1 aromatic heterocycles. The van der Waals surface area contributed by atoms with Crippen LogP contribution in [0.5, 0.6) is 5.75 Å². The molecule has 0 spiro atoms. The van der Waals surface area contributed by atoms with E-state index >= 15 is 0 Å². The number of benzene rings is 2. The van der Waals surface area contributed by atoms with E-state index in [2.05, 4.69) is 20.7 Å². The second-order valence-electron chi connectivity index (χ2n) is 10.4. The monoisotopic (exact) mass is 550 g/mol. The van der Waals surface area contributed by atoms with Crippen molar-refractivity contribution >= 4 is 11.8 Å². The fourth-order valence-corrected chi connectivity index (χ4v) is 5.38. The van der Waals surface area contributed by atoms with Crippen molar-refractivity contribution < 1.29 is 23.5 Å². The number of halogens is 1. The summed E-state index contributed by atoms with van der Waals surface area (Å²) in [4.78, 5) is 30.4. The Morgan fingerprint density at radius 2 is 1.82 bits per heavy atom. The van der Waals surface area contributed by atoms with E-state index in [1.807, 2.05) is 12.1 Å². The zero-order valence-corrected chi connectivity index (χ0v) is 22.7. The Morgan fingerprint density at radius 3 is 2.50 bits per heavy atom. The van der Waals surface area contributed by atoms with Gasteiger partial charge in [-0.15, -0.1) is 10.2 Å². The zero-order valence-electron chi connectivity index (χ0n) is 22.7. The molecule has 1 aliphatic carbocycles. The molecule has 11 heteroatoms. The van der Waals surface area contributed by atoms with E-state index in [0.29, 0.717) is 23.7 Å². The summed E-state index contributed by atoms with van der Waals surface area (Å²) in [5.74, 6) is 0.0170. The average molecular weight is 551 g/mol. The van der Waals surface area contributed by atoms with Crippen LogP contribution in [0.2, 0.25) is 0 Å². The van der Waals surface area contributed by atoms with Crippen molar-refractivity contribution in [1.82, 2.24) is 30.4 Å². The van der Waals surface area contributed by atoms with Gasteiger partial charge >= 0.3 is 0 Å². The highest BCUT2D eigenvalue weighted by Crippen LogP contribution is 2.27. The zero-order chi connectivity index (χ0) is 27.9. The third-order valence-electron chi connectivity index (χ3n) is 7.52. The highest BCUT2D eigenvalue weighted by atomic mass is 19.1. The first-order chi connectivity index (χ1) is 19.5. The van der Waals surface area contributed by atoms with Crippen LogP contribution in [0.4, 0.5) is 4.39 Å². The second-order valence-corrected chi connectivity index (χ2v) is 10.4. The van der Waals surface area contributed by atoms with Crippen molar-refractivity contribution in [3.8, 4) is 17.1 Å². The van der Waals surface area contributed by atoms with Gasteiger partial charge in [0.15, 0.2) is 0 Å². The summed E-state index contributed by atoms with van der Waals surface area (Å²) in [5.41, 5.74) is 1.26. The van der Waals surface area contributed by atoms with Gasteiger partial charge < -0.3 is 19.7 Å². The Hall–Kier alpha value is -3.86. The van der Waals surface area contributed by atoms with Crippen LogP contribution in [0.3, 0.4) is 0 Å². The number of nitrogens with zero attached hydrogens (tertiary/aromatic N) is 5.